The number of anilines is 3. The van der Waals surface area contributed by atoms with Gasteiger partial charge in [-0.1, -0.05) is 12.1 Å². The number of fused-ring (bicyclic) bond motifs is 1. The van der Waals surface area contributed by atoms with E-state index in [1.165, 1.54) is 0 Å². The Kier molecular flexibility index (Phi) is 6.42. The first-order valence-electron chi connectivity index (χ1n) is 13.3. The number of aromatic amines is 1. The number of rotatable bonds is 10. The van der Waals surface area contributed by atoms with E-state index in [4.69, 9.17) is 9.47 Å². The molecule has 1 fully saturated rings. The molecule has 0 saturated heterocycles. The van der Waals surface area contributed by atoms with E-state index < -0.39 is 5.41 Å². The van der Waals surface area contributed by atoms with Crippen LogP contribution in [0.15, 0.2) is 67.1 Å². The van der Waals surface area contributed by atoms with Gasteiger partial charge in [0, 0.05) is 42.8 Å². The van der Waals surface area contributed by atoms with Crippen molar-refractivity contribution in [1.82, 2.24) is 19.7 Å². The molecule has 1 aliphatic rings. The van der Waals surface area contributed by atoms with Crippen molar-refractivity contribution >= 4 is 34.4 Å². The lowest BCUT2D eigenvalue weighted by Crippen LogP contribution is -2.14. The van der Waals surface area contributed by atoms with Gasteiger partial charge in [-0.3, -0.25) is 5.10 Å². The monoisotopic (exact) mass is 536 g/mol. The topological polar surface area (TPSA) is 106 Å². The van der Waals surface area contributed by atoms with Gasteiger partial charge in [-0.15, -0.1) is 0 Å². The highest BCUT2D eigenvalue weighted by Gasteiger charge is 2.57. The smallest absolute Gasteiger partial charge is 0.160 e. The average molecular weight is 537 g/mol. The van der Waals surface area contributed by atoms with Crippen LogP contribution in [0.2, 0.25) is 0 Å². The van der Waals surface area contributed by atoms with Gasteiger partial charge in [-0.2, -0.15) is 5.10 Å². The summed E-state index contributed by atoms with van der Waals surface area (Å²) in [6.45, 7) is 2.50. The molecule has 3 N–H and O–H groups in total. The van der Waals surface area contributed by atoms with Crippen LogP contribution in [0.5, 0.6) is 11.5 Å². The van der Waals surface area contributed by atoms with Crippen LogP contribution >= 0.6 is 0 Å². The first kappa shape index (κ1) is 25.5. The minimum atomic E-state index is -0.594. The van der Waals surface area contributed by atoms with Crippen LogP contribution in [0.1, 0.15) is 30.4 Å². The summed E-state index contributed by atoms with van der Waals surface area (Å²) in [6.07, 6.45) is 5.58. The minimum Gasteiger partial charge on any atom is -0.497 e. The van der Waals surface area contributed by atoms with Gasteiger partial charge in [0.15, 0.2) is 5.82 Å². The Morgan fingerprint density at radius 3 is 2.73 bits per heavy atom. The fraction of sp³-hybridized carbons (Fsp3) is 0.258. The number of aryl methyl sites for hydroxylation is 1. The molecule has 204 valence electrons. The van der Waals surface area contributed by atoms with Crippen molar-refractivity contribution in [3.8, 4) is 22.8 Å². The largest absolute Gasteiger partial charge is 0.497 e. The zero-order valence-electron chi connectivity index (χ0n) is 23.0. The Bertz CT molecular complexity index is 1710. The molecule has 0 amide bonds. The predicted molar refractivity (Wildman–Crippen MR) is 157 cm³/mol. The maximum atomic E-state index is 12.5. The Hall–Kier alpha value is -4.79. The number of nitrogens with one attached hydrogen (secondary N) is 3. The Morgan fingerprint density at radius 1 is 1.15 bits per heavy atom. The summed E-state index contributed by atoms with van der Waals surface area (Å²) < 4.78 is 13.3. The summed E-state index contributed by atoms with van der Waals surface area (Å²) in [5, 5.41) is 15.3. The van der Waals surface area contributed by atoms with Crippen LogP contribution < -0.4 is 20.1 Å². The second-order valence-electron chi connectivity index (χ2n) is 10.1. The molecule has 1 saturated carbocycles. The molecule has 0 bridgehead atoms. The molecule has 2 aromatic heterocycles. The van der Waals surface area contributed by atoms with E-state index in [9.17, 15) is 4.79 Å². The number of nitrogens with zero attached hydrogens (tertiary/aromatic N) is 3. The Morgan fingerprint density at radius 2 is 2.00 bits per heavy atom. The first-order chi connectivity index (χ1) is 19.5. The van der Waals surface area contributed by atoms with Crippen molar-refractivity contribution < 1.29 is 14.3 Å². The summed E-state index contributed by atoms with van der Waals surface area (Å²) in [5.74, 6) is 2.23. The number of aldehydes is 1. The lowest BCUT2D eigenvalue weighted by atomic mass is 9.90. The first-order valence-corrected chi connectivity index (χ1v) is 13.3. The number of H-pyrrole nitrogens is 1. The number of hydrogen-bond donors (Lipinski definition) is 3. The van der Waals surface area contributed by atoms with Crippen LogP contribution in [0.4, 0.5) is 17.2 Å². The quantitative estimate of drug-likeness (QED) is 0.194. The fourth-order valence-corrected chi connectivity index (χ4v) is 5.54. The molecule has 2 heterocycles. The van der Waals surface area contributed by atoms with Crippen molar-refractivity contribution in [3.63, 3.8) is 0 Å². The number of ether oxygens (including phenoxy) is 2. The predicted octanol–water partition coefficient (Wildman–Crippen LogP) is 5.78. The molecule has 2 atom stereocenters. The van der Waals surface area contributed by atoms with Crippen LogP contribution in [-0.4, -0.2) is 46.8 Å². The molecule has 0 spiro atoms. The van der Waals surface area contributed by atoms with Gasteiger partial charge in [0.05, 0.1) is 42.4 Å². The third-order valence-electron chi connectivity index (χ3n) is 7.74. The summed E-state index contributed by atoms with van der Waals surface area (Å²) in [6, 6.07) is 18.1. The molecule has 0 aliphatic heterocycles. The van der Waals surface area contributed by atoms with Crippen molar-refractivity contribution in [1.29, 1.82) is 0 Å². The molecular formula is C31H32N6O3. The average Bonchev–Trinajstić information content (AvgIpc) is 3.36. The van der Waals surface area contributed by atoms with Crippen LogP contribution in [-0.2, 0) is 17.3 Å². The van der Waals surface area contributed by atoms with E-state index in [0.717, 1.165) is 68.9 Å². The number of imidazole rings is 1. The maximum absolute atomic E-state index is 12.5. The molecule has 1 aliphatic carbocycles. The highest BCUT2D eigenvalue weighted by atomic mass is 16.5. The SMILES string of the molecule is CCOc1cc(-c2cn(C)cn2)ccc1Nc1n[nH]c2cc([C@@H]3C[C@]3(C=O)c3cc(OC)ccc3NC)ccc12. The molecule has 9 heteroatoms. The van der Waals surface area contributed by atoms with Gasteiger partial charge >= 0.3 is 0 Å². The Labute approximate surface area is 232 Å². The zero-order chi connectivity index (χ0) is 27.9. The summed E-state index contributed by atoms with van der Waals surface area (Å²) >= 11 is 0. The van der Waals surface area contributed by atoms with Crippen molar-refractivity contribution in [2.75, 3.05) is 31.4 Å². The zero-order valence-corrected chi connectivity index (χ0v) is 23.0. The number of aromatic nitrogens is 4. The van der Waals surface area contributed by atoms with Crippen LogP contribution in [0.3, 0.4) is 0 Å². The van der Waals surface area contributed by atoms with E-state index in [1.54, 1.807) is 13.4 Å². The number of carbonyl (C=O) groups excluding carboxylic acids is 1. The summed E-state index contributed by atoms with van der Waals surface area (Å²) in [4.78, 5) is 17.0. The van der Waals surface area contributed by atoms with E-state index in [1.807, 2.05) is 68.2 Å². The molecule has 40 heavy (non-hydrogen) atoms. The summed E-state index contributed by atoms with van der Waals surface area (Å²) in [7, 11) is 5.46. The molecule has 0 radical (unpaired) electrons. The Balaban J connectivity index is 1.29. The number of hydrogen-bond acceptors (Lipinski definition) is 7. The number of carbonyl (C=O) groups is 1. The van der Waals surface area contributed by atoms with Gasteiger partial charge in [0.1, 0.15) is 17.8 Å². The van der Waals surface area contributed by atoms with Gasteiger partial charge in [0.25, 0.3) is 0 Å². The molecule has 6 rings (SSSR count). The molecule has 3 aromatic carbocycles. The number of methoxy groups -OCH3 is 1. The van der Waals surface area contributed by atoms with Crippen LogP contribution in [0.25, 0.3) is 22.2 Å². The van der Waals surface area contributed by atoms with Gasteiger partial charge in [-0.25, -0.2) is 4.98 Å². The molecule has 5 aromatic rings. The van der Waals surface area contributed by atoms with Gasteiger partial charge in [-0.05, 0) is 66.9 Å². The standard InChI is InChI=1S/C31H32N6O3/c1-5-40-29-13-20(28-16-37(3)18-33-28)7-10-26(29)34-30-22-9-6-19(12-27(22)35-36-30)24-15-31(24,17-38)23-14-21(39-4)8-11-25(23)32-2/h6-14,16-18,24,32H,5,15H2,1-4H3,(H2,34,35,36)/t24-,31-/m0/s1. The van der Waals surface area contributed by atoms with Crippen molar-refractivity contribution in [2.45, 2.75) is 24.7 Å². The third-order valence-corrected chi connectivity index (χ3v) is 7.74. The summed E-state index contributed by atoms with van der Waals surface area (Å²) in [5.41, 5.74) is 5.97. The van der Waals surface area contributed by atoms with Gasteiger partial charge < -0.3 is 29.5 Å². The van der Waals surface area contributed by atoms with Crippen molar-refractivity contribution in [3.05, 3.63) is 78.2 Å². The molecular weight excluding hydrogens is 504 g/mol. The number of benzene rings is 3. The van der Waals surface area contributed by atoms with E-state index in [0.29, 0.717) is 12.4 Å². The normalized spacial score (nSPS) is 17.9. The lowest BCUT2D eigenvalue weighted by molar-refractivity contribution is -0.110. The lowest BCUT2D eigenvalue weighted by Gasteiger charge is -2.17. The van der Waals surface area contributed by atoms with E-state index >= 15 is 0 Å². The van der Waals surface area contributed by atoms with Crippen LogP contribution in [0, 0.1) is 0 Å². The molecule has 9 nitrogen and oxygen atoms in total. The highest BCUT2D eigenvalue weighted by molar-refractivity contribution is 5.93. The highest BCUT2D eigenvalue weighted by Crippen LogP contribution is 2.61. The van der Waals surface area contributed by atoms with E-state index in [-0.39, 0.29) is 5.92 Å². The minimum absolute atomic E-state index is 0.0667. The van der Waals surface area contributed by atoms with Gasteiger partial charge in [0.2, 0.25) is 0 Å². The fourth-order valence-electron chi connectivity index (χ4n) is 5.54. The van der Waals surface area contributed by atoms with Crippen molar-refractivity contribution in [2.24, 2.45) is 7.05 Å². The maximum Gasteiger partial charge on any atom is 0.160 e. The second-order valence-corrected chi connectivity index (χ2v) is 10.1. The van der Waals surface area contributed by atoms with E-state index in [2.05, 4.69) is 44.0 Å². The third kappa shape index (κ3) is 4.33. The molecule has 0 unspecified atom stereocenters. The second kappa shape index (κ2) is 10.1.